The molecule has 3 aromatic rings. The molecule has 1 N–H and O–H groups in total. The van der Waals surface area contributed by atoms with Crippen molar-refractivity contribution < 1.29 is 9.59 Å². The number of carbonyl (C=O) groups is 2. The van der Waals surface area contributed by atoms with Gasteiger partial charge in [0.05, 0.1) is 6.42 Å². The van der Waals surface area contributed by atoms with Gasteiger partial charge in [0.25, 0.3) is 0 Å². The summed E-state index contributed by atoms with van der Waals surface area (Å²) in [5, 5.41) is 3.57. The van der Waals surface area contributed by atoms with E-state index in [0.29, 0.717) is 28.6 Å². The van der Waals surface area contributed by atoms with Gasteiger partial charge in [-0.1, -0.05) is 89.9 Å². The van der Waals surface area contributed by atoms with Crippen LogP contribution in [-0.2, 0) is 29.0 Å². The van der Waals surface area contributed by atoms with Gasteiger partial charge in [0, 0.05) is 30.1 Å². The third kappa shape index (κ3) is 6.09. The zero-order valence-electron chi connectivity index (χ0n) is 17.2. The topological polar surface area (TPSA) is 49.4 Å². The fourth-order valence-corrected chi connectivity index (χ4v) is 3.99. The molecule has 31 heavy (non-hydrogen) atoms. The molecule has 0 saturated carbocycles. The Balaban J connectivity index is 1.96. The predicted molar refractivity (Wildman–Crippen MR) is 125 cm³/mol. The maximum atomic E-state index is 13.5. The largest absolute Gasteiger partial charge is 0.357 e. The summed E-state index contributed by atoms with van der Waals surface area (Å²) in [5.74, 6) is -0.443. The number of rotatable bonds is 8. The highest BCUT2D eigenvalue weighted by atomic mass is 35.5. The number of halogens is 2. The minimum absolute atomic E-state index is 0.00756. The molecule has 4 nitrogen and oxygen atoms in total. The first-order chi connectivity index (χ1) is 15.0. The van der Waals surface area contributed by atoms with Gasteiger partial charge in [-0.2, -0.15) is 0 Å². The second-order valence-corrected chi connectivity index (χ2v) is 8.02. The number of hydrogen-bond donors (Lipinski definition) is 1. The Labute approximate surface area is 192 Å². The van der Waals surface area contributed by atoms with E-state index >= 15 is 0 Å². The van der Waals surface area contributed by atoms with Crippen LogP contribution < -0.4 is 5.32 Å². The third-order valence-corrected chi connectivity index (χ3v) is 5.81. The fraction of sp³-hybridized carbons (Fsp3) is 0.200. The van der Waals surface area contributed by atoms with Gasteiger partial charge in [0.15, 0.2) is 0 Å². The van der Waals surface area contributed by atoms with Crippen LogP contribution in [0.25, 0.3) is 0 Å². The van der Waals surface area contributed by atoms with E-state index in [1.54, 1.807) is 30.1 Å². The van der Waals surface area contributed by atoms with E-state index in [2.05, 4.69) is 5.32 Å². The van der Waals surface area contributed by atoms with E-state index in [0.717, 1.165) is 11.1 Å². The van der Waals surface area contributed by atoms with Crippen molar-refractivity contribution in [1.29, 1.82) is 0 Å². The molecule has 3 aromatic carbocycles. The second kappa shape index (κ2) is 11.0. The average Bonchev–Trinajstić information content (AvgIpc) is 2.79. The summed E-state index contributed by atoms with van der Waals surface area (Å²) in [6.45, 7) is 0.298. The van der Waals surface area contributed by atoms with E-state index in [1.807, 2.05) is 60.7 Å². The Morgan fingerprint density at radius 1 is 0.839 bits per heavy atom. The van der Waals surface area contributed by atoms with Crippen LogP contribution in [0, 0.1) is 0 Å². The van der Waals surface area contributed by atoms with Crippen molar-refractivity contribution >= 4 is 35.0 Å². The molecule has 0 spiro atoms. The van der Waals surface area contributed by atoms with Crippen LogP contribution in [0.15, 0.2) is 78.9 Å². The first-order valence-corrected chi connectivity index (χ1v) is 10.8. The summed E-state index contributed by atoms with van der Waals surface area (Å²) in [6, 6.07) is 23.7. The van der Waals surface area contributed by atoms with Crippen LogP contribution in [0.2, 0.25) is 10.0 Å². The lowest BCUT2D eigenvalue weighted by molar-refractivity contribution is -0.140. The van der Waals surface area contributed by atoms with Gasteiger partial charge < -0.3 is 10.2 Å². The first-order valence-electron chi connectivity index (χ1n) is 10.0. The zero-order chi connectivity index (χ0) is 22.2. The summed E-state index contributed by atoms with van der Waals surface area (Å²) < 4.78 is 0. The molecule has 0 bridgehead atoms. The van der Waals surface area contributed by atoms with Crippen LogP contribution in [0.3, 0.4) is 0 Å². The van der Waals surface area contributed by atoms with Crippen LogP contribution >= 0.6 is 23.2 Å². The van der Waals surface area contributed by atoms with Gasteiger partial charge in [-0.3, -0.25) is 9.59 Å². The van der Waals surface area contributed by atoms with Crippen LogP contribution in [0.4, 0.5) is 0 Å². The molecule has 0 aliphatic rings. The molecule has 0 unspecified atom stereocenters. The van der Waals surface area contributed by atoms with Crippen molar-refractivity contribution in [2.45, 2.75) is 25.4 Å². The van der Waals surface area contributed by atoms with Crippen molar-refractivity contribution in [3.8, 4) is 0 Å². The summed E-state index contributed by atoms with van der Waals surface area (Å²) in [7, 11) is 1.58. The highest BCUT2D eigenvalue weighted by Gasteiger charge is 2.30. The monoisotopic (exact) mass is 454 g/mol. The maximum absolute atomic E-state index is 13.5. The minimum Gasteiger partial charge on any atom is -0.357 e. The lowest BCUT2D eigenvalue weighted by Crippen LogP contribution is -2.50. The van der Waals surface area contributed by atoms with Crippen LogP contribution in [0.5, 0.6) is 0 Å². The molecule has 0 aliphatic heterocycles. The lowest BCUT2D eigenvalue weighted by atomic mass is 10.0. The van der Waals surface area contributed by atoms with Crippen molar-refractivity contribution in [1.82, 2.24) is 10.2 Å². The molecular weight excluding hydrogens is 431 g/mol. The highest BCUT2D eigenvalue weighted by molar-refractivity contribution is 6.36. The van der Waals surface area contributed by atoms with Crippen LogP contribution in [0.1, 0.15) is 16.7 Å². The van der Waals surface area contributed by atoms with Crippen LogP contribution in [-0.4, -0.2) is 29.8 Å². The van der Waals surface area contributed by atoms with E-state index in [4.69, 9.17) is 23.2 Å². The Morgan fingerprint density at radius 2 is 1.39 bits per heavy atom. The number of carbonyl (C=O) groups excluding carboxylic acids is 2. The summed E-state index contributed by atoms with van der Waals surface area (Å²) >= 11 is 12.6. The Bertz CT molecular complexity index is 1010. The van der Waals surface area contributed by atoms with E-state index < -0.39 is 6.04 Å². The Kier molecular flexibility index (Phi) is 8.10. The minimum atomic E-state index is -0.679. The molecule has 3 rings (SSSR count). The Hall–Kier alpha value is -2.82. The molecular formula is C25H24Cl2N2O2. The fourth-order valence-electron chi connectivity index (χ4n) is 3.45. The van der Waals surface area contributed by atoms with Gasteiger partial charge in [-0.15, -0.1) is 0 Å². The summed E-state index contributed by atoms with van der Waals surface area (Å²) in [5.41, 5.74) is 2.46. The molecule has 0 saturated heterocycles. The molecule has 0 heterocycles. The lowest BCUT2D eigenvalue weighted by Gasteiger charge is -2.31. The zero-order valence-corrected chi connectivity index (χ0v) is 18.7. The maximum Gasteiger partial charge on any atom is 0.242 e. The molecule has 6 heteroatoms. The number of amides is 2. The molecule has 0 aliphatic carbocycles. The number of nitrogens with one attached hydrogen (secondary N) is 1. The van der Waals surface area contributed by atoms with Gasteiger partial charge in [-0.05, 0) is 28.8 Å². The standard InChI is InChI=1S/C25H24Cl2N2O2/c1-28-25(31)23(15-18-9-4-2-5-10-18)29(17-19-11-6-3-7-12-19)24(30)16-20-21(26)13-8-14-22(20)27/h2-14,23H,15-17H2,1H3,(H,28,31)/t23-/m1/s1. The SMILES string of the molecule is CNC(=O)[C@@H](Cc1ccccc1)N(Cc1ccccc1)C(=O)Cc1c(Cl)cccc1Cl. The van der Waals surface area contributed by atoms with Gasteiger partial charge in [-0.25, -0.2) is 0 Å². The molecule has 2 amide bonds. The molecule has 0 fully saturated rings. The second-order valence-electron chi connectivity index (χ2n) is 7.20. The van der Waals surface area contributed by atoms with Crippen molar-refractivity contribution in [2.24, 2.45) is 0 Å². The van der Waals surface area contributed by atoms with Crippen molar-refractivity contribution in [3.05, 3.63) is 106 Å². The predicted octanol–water partition coefficient (Wildman–Crippen LogP) is 4.92. The smallest absolute Gasteiger partial charge is 0.242 e. The number of likely N-dealkylation sites (N-methyl/N-ethyl adjacent to an activating group) is 1. The molecule has 0 aromatic heterocycles. The molecule has 1 atom stereocenters. The average molecular weight is 455 g/mol. The van der Waals surface area contributed by atoms with Crippen molar-refractivity contribution in [2.75, 3.05) is 7.05 Å². The van der Waals surface area contributed by atoms with Gasteiger partial charge >= 0.3 is 0 Å². The first kappa shape index (κ1) is 22.9. The highest BCUT2D eigenvalue weighted by Crippen LogP contribution is 2.26. The Morgan fingerprint density at radius 3 is 1.94 bits per heavy atom. The summed E-state index contributed by atoms with van der Waals surface area (Å²) in [4.78, 5) is 28.0. The number of nitrogens with zero attached hydrogens (tertiary/aromatic N) is 1. The van der Waals surface area contributed by atoms with Gasteiger partial charge in [0.1, 0.15) is 6.04 Å². The normalized spacial score (nSPS) is 11.6. The number of hydrogen-bond acceptors (Lipinski definition) is 2. The number of benzene rings is 3. The van der Waals surface area contributed by atoms with Crippen molar-refractivity contribution in [3.63, 3.8) is 0 Å². The quantitative estimate of drug-likeness (QED) is 0.524. The van der Waals surface area contributed by atoms with E-state index in [9.17, 15) is 9.59 Å². The van der Waals surface area contributed by atoms with E-state index in [1.165, 1.54) is 0 Å². The third-order valence-electron chi connectivity index (χ3n) is 5.10. The summed E-state index contributed by atoms with van der Waals surface area (Å²) in [6.07, 6.45) is 0.406. The van der Waals surface area contributed by atoms with Gasteiger partial charge in [0.2, 0.25) is 11.8 Å². The van der Waals surface area contributed by atoms with E-state index in [-0.39, 0.29) is 18.2 Å². The molecule has 0 radical (unpaired) electrons. The molecule has 160 valence electrons.